The summed E-state index contributed by atoms with van der Waals surface area (Å²) >= 11 is 9.32. The number of hydrogen-bond acceptors (Lipinski definition) is 2. The van der Waals surface area contributed by atoms with Crippen molar-refractivity contribution in [2.75, 3.05) is 5.32 Å². The summed E-state index contributed by atoms with van der Waals surface area (Å²) < 4.78 is 14.5. The fraction of sp³-hybridized carbons (Fsp3) is 0.300. The molecule has 2 N–H and O–H groups in total. The number of halogens is 3. The van der Waals surface area contributed by atoms with E-state index in [9.17, 15) is 14.0 Å². The molecule has 0 atom stereocenters. The molecular weight excluding hydrogens is 435 g/mol. The lowest BCUT2D eigenvalue weighted by Crippen LogP contribution is -2.36. The number of benzene rings is 2. The van der Waals surface area contributed by atoms with Crippen LogP contribution < -0.4 is 10.6 Å². The van der Waals surface area contributed by atoms with Crippen molar-refractivity contribution in [2.24, 2.45) is 0 Å². The molecule has 0 heterocycles. The number of carbonyl (C=O) groups excluding carboxylic acids is 2. The van der Waals surface area contributed by atoms with E-state index in [-0.39, 0.29) is 23.1 Å². The first-order chi connectivity index (χ1) is 12.9. The largest absolute Gasteiger partial charge is 0.349 e. The second-order valence-electron chi connectivity index (χ2n) is 6.58. The van der Waals surface area contributed by atoms with Crippen LogP contribution in [0.5, 0.6) is 0 Å². The van der Waals surface area contributed by atoms with Crippen molar-refractivity contribution < 1.29 is 14.0 Å². The van der Waals surface area contributed by atoms with Crippen LogP contribution >= 0.6 is 27.5 Å². The summed E-state index contributed by atoms with van der Waals surface area (Å²) in [7, 11) is 0. The molecule has 27 heavy (non-hydrogen) atoms. The van der Waals surface area contributed by atoms with Gasteiger partial charge in [0.2, 0.25) is 0 Å². The molecule has 1 saturated carbocycles. The molecule has 0 aliphatic heterocycles. The molecule has 2 aromatic rings. The van der Waals surface area contributed by atoms with Crippen LogP contribution in [-0.2, 0) is 0 Å². The third-order valence-corrected chi connectivity index (χ3v) is 5.41. The molecule has 142 valence electrons. The van der Waals surface area contributed by atoms with Gasteiger partial charge in [-0.3, -0.25) is 9.59 Å². The molecule has 7 heteroatoms. The summed E-state index contributed by atoms with van der Waals surface area (Å²) in [5, 5.41) is 5.92. The maximum absolute atomic E-state index is 14.0. The molecule has 4 nitrogen and oxygen atoms in total. The van der Waals surface area contributed by atoms with E-state index in [1.54, 1.807) is 18.2 Å². The van der Waals surface area contributed by atoms with Gasteiger partial charge in [0.25, 0.3) is 11.8 Å². The molecule has 0 spiro atoms. The smallest absolute Gasteiger partial charge is 0.258 e. The Morgan fingerprint density at radius 3 is 2.44 bits per heavy atom. The maximum atomic E-state index is 14.0. The average Bonchev–Trinajstić information content (AvgIpc) is 2.64. The summed E-state index contributed by atoms with van der Waals surface area (Å²) in [6, 6.07) is 8.98. The van der Waals surface area contributed by atoms with Gasteiger partial charge in [-0.1, -0.05) is 46.8 Å². The Labute approximate surface area is 170 Å². The van der Waals surface area contributed by atoms with E-state index < -0.39 is 11.7 Å². The molecule has 0 aromatic heterocycles. The molecule has 0 radical (unpaired) electrons. The predicted molar refractivity (Wildman–Crippen MR) is 108 cm³/mol. The highest BCUT2D eigenvalue weighted by Gasteiger charge is 2.19. The third kappa shape index (κ3) is 5.08. The van der Waals surface area contributed by atoms with Crippen molar-refractivity contribution in [3.05, 3.63) is 62.8 Å². The van der Waals surface area contributed by atoms with Crippen LogP contribution in [0.15, 0.2) is 40.9 Å². The summed E-state index contributed by atoms with van der Waals surface area (Å²) in [5.74, 6) is -1.50. The van der Waals surface area contributed by atoms with Crippen LogP contribution in [0.1, 0.15) is 52.8 Å². The van der Waals surface area contributed by atoms with Crippen LogP contribution in [0.4, 0.5) is 10.1 Å². The first-order valence-electron chi connectivity index (χ1n) is 8.81. The number of amides is 2. The summed E-state index contributed by atoms with van der Waals surface area (Å²) in [4.78, 5) is 24.9. The highest BCUT2D eigenvalue weighted by molar-refractivity contribution is 9.10. The van der Waals surface area contributed by atoms with Crippen molar-refractivity contribution in [3.8, 4) is 0 Å². The highest BCUT2D eigenvalue weighted by Crippen LogP contribution is 2.24. The van der Waals surface area contributed by atoms with Gasteiger partial charge in [0.05, 0.1) is 16.1 Å². The first kappa shape index (κ1) is 19.8. The molecule has 0 saturated heterocycles. The second-order valence-corrected chi connectivity index (χ2v) is 7.90. The molecule has 1 fully saturated rings. The molecule has 1 aliphatic rings. The van der Waals surface area contributed by atoms with Gasteiger partial charge in [-0.05, 0) is 49.2 Å². The Morgan fingerprint density at radius 2 is 1.74 bits per heavy atom. The zero-order valence-electron chi connectivity index (χ0n) is 14.5. The van der Waals surface area contributed by atoms with E-state index in [1.165, 1.54) is 24.6 Å². The standard InChI is InChI=1S/C20H19BrClFN2O2/c21-12-6-8-15(18(23)10-12)19(26)25-14-7-9-17(22)16(11-14)20(27)24-13-4-2-1-3-5-13/h6-11,13H,1-5H2,(H,24,27)(H,25,26). The summed E-state index contributed by atoms with van der Waals surface area (Å²) in [5.41, 5.74) is 0.582. The monoisotopic (exact) mass is 452 g/mol. The minimum absolute atomic E-state index is 0.0821. The Morgan fingerprint density at radius 1 is 1.00 bits per heavy atom. The summed E-state index contributed by atoms with van der Waals surface area (Å²) in [6.45, 7) is 0. The molecular formula is C20H19BrClFN2O2. The third-order valence-electron chi connectivity index (χ3n) is 4.59. The summed E-state index contributed by atoms with van der Waals surface area (Å²) in [6.07, 6.45) is 5.33. The average molecular weight is 454 g/mol. The van der Waals surface area contributed by atoms with E-state index >= 15 is 0 Å². The van der Waals surface area contributed by atoms with Crippen LogP contribution in [0, 0.1) is 5.82 Å². The van der Waals surface area contributed by atoms with Crippen molar-refractivity contribution in [1.82, 2.24) is 5.32 Å². The van der Waals surface area contributed by atoms with Gasteiger partial charge in [0.1, 0.15) is 5.82 Å². The Balaban J connectivity index is 1.74. The molecule has 1 aliphatic carbocycles. The molecule has 0 bridgehead atoms. The van der Waals surface area contributed by atoms with Gasteiger partial charge < -0.3 is 10.6 Å². The predicted octanol–water partition coefficient (Wildman–Crippen LogP) is 5.56. The van der Waals surface area contributed by atoms with Gasteiger partial charge >= 0.3 is 0 Å². The van der Waals surface area contributed by atoms with Gasteiger partial charge in [-0.25, -0.2) is 4.39 Å². The fourth-order valence-corrected chi connectivity index (χ4v) is 3.70. The zero-order valence-corrected chi connectivity index (χ0v) is 16.9. The first-order valence-corrected chi connectivity index (χ1v) is 9.98. The molecule has 0 unspecified atom stereocenters. The Hall–Kier alpha value is -1.92. The lowest BCUT2D eigenvalue weighted by Gasteiger charge is -2.23. The quantitative estimate of drug-likeness (QED) is 0.637. The highest BCUT2D eigenvalue weighted by atomic mass is 79.9. The number of nitrogens with one attached hydrogen (secondary N) is 2. The van der Waals surface area contributed by atoms with Crippen molar-refractivity contribution in [2.45, 2.75) is 38.1 Å². The number of hydrogen-bond donors (Lipinski definition) is 2. The van der Waals surface area contributed by atoms with Crippen molar-refractivity contribution in [3.63, 3.8) is 0 Å². The normalized spacial score (nSPS) is 14.6. The van der Waals surface area contributed by atoms with E-state index in [1.807, 2.05) is 0 Å². The van der Waals surface area contributed by atoms with Gasteiger partial charge in [-0.15, -0.1) is 0 Å². The van der Waals surface area contributed by atoms with Crippen LogP contribution in [0.25, 0.3) is 0 Å². The van der Waals surface area contributed by atoms with Crippen molar-refractivity contribution >= 4 is 45.0 Å². The lowest BCUT2D eigenvalue weighted by molar-refractivity contribution is 0.0926. The van der Waals surface area contributed by atoms with Crippen LogP contribution in [0.2, 0.25) is 5.02 Å². The number of carbonyl (C=O) groups is 2. The van der Waals surface area contributed by atoms with Crippen molar-refractivity contribution in [1.29, 1.82) is 0 Å². The van der Waals surface area contributed by atoms with E-state index in [0.29, 0.717) is 15.2 Å². The maximum Gasteiger partial charge on any atom is 0.258 e. The van der Waals surface area contributed by atoms with Gasteiger partial charge in [0, 0.05) is 16.2 Å². The minimum atomic E-state index is -0.633. The van der Waals surface area contributed by atoms with Gasteiger partial charge in [0.15, 0.2) is 0 Å². The van der Waals surface area contributed by atoms with E-state index in [4.69, 9.17) is 11.6 Å². The van der Waals surface area contributed by atoms with Crippen LogP contribution in [0.3, 0.4) is 0 Å². The Bertz CT molecular complexity index is 869. The minimum Gasteiger partial charge on any atom is -0.349 e. The molecule has 2 aromatic carbocycles. The van der Waals surface area contributed by atoms with Gasteiger partial charge in [-0.2, -0.15) is 0 Å². The second kappa shape index (κ2) is 8.85. The fourth-order valence-electron chi connectivity index (χ4n) is 3.16. The zero-order chi connectivity index (χ0) is 19.4. The molecule has 3 rings (SSSR count). The Kier molecular flexibility index (Phi) is 6.50. The van der Waals surface area contributed by atoms with E-state index in [2.05, 4.69) is 26.6 Å². The van der Waals surface area contributed by atoms with Crippen LogP contribution in [-0.4, -0.2) is 17.9 Å². The lowest BCUT2D eigenvalue weighted by atomic mass is 9.95. The number of anilines is 1. The SMILES string of the molecule is O=C(Nc1ccc(Cl)c(C(=O)NC2CCCCC2)c1)c1ccc(Br)cc1F. The number of rotatable bonds is 4. The molecule has 2 amide bonds. The van der Waals surface area contributed by atoms with E-state index in [0.717, 1.165) is 25.7 Å². The topological polar surface area (TPSA) is 58.2 Å².